The van der Waals surface area contributed by atoms with Crippen LogP contribution in [0.5, 0.6) is 0 Å². The van der Waals surface area contributed by atoms with Crippen LogP contribution in [0.4, 0.5) is 8.78 Å². The van der Waals surface area contributed by atoms with E-state index in [1.807, 2.05) is 13.8 Å². The second-order valence-corrected chi connectivity index (χ2v) is 6.22. The van der Waals surface area contributed by atoms with Gasteiger partial charge in [-0.1, -0.05) is 37.9 Å². The highest BCUT2D eigenvalue weighted by Crippen LogP contribution is 2.39. The molecule has 0 heterocycles. The lowest BCUT2D eigenvalue weighted by atomic mass is 9.95. The summed E-state index contributed by atoms with van der Waals surface area (Å²) in [6, 6.07) is 7.78. The molecule has 0 saturated carbocycles. The average molecular weight is 390 g/mol. The molecule has 100 valence electrons. The maximum absolute atomic E-state index is 14.0. The highest BCUT2D eigenvalue weighted by Gasteiger charge is 2.21. The molecule has 0 aliphatic carbocycles. The van der Waals surface area contributed by atoms with Crippen molar-refractivity contribution >= 4 is 31.9 Å². The largest absolute Gasteiger partial charge is 0.207 e. The standard InChI is InChI=1S/C15H12Br2F2/c1-8-6-10(18)7-9(2)13(8)15(17)14-11(16)4-3-5-12(14)19/h3-7,15H,1-2H3. The van der Waals surface area contributed by atoms with Crippen LogP contribution in [-0.2, 0) is 0 Å². The normalized spacial score (nSPS) is 12.5. The maximum atomic E-state index is 14.0. The van der Waals surface area contributed by atoms with Gasteiger partial charge in [-0.25, -0.2) is 8.78 Å². The fourth-order valence-electron chi connectivity index (χ4n) is 2.22. The van der Waals surface area contributed by atoms with E-state index in [1.165, 1.54) is 18.2 Å². The van der Waals surface area contributed by atoms with Crippen LogP contribution in [0, 0.1) is 25.5 Å². The lowest BCUT2D eigenvalue weighted by molar-refractivity contribution is 0.610. The van der Waals surface area contributed by atoms with E-state index in [0.29, 0.717) is 10.0 Å². The van der Waals surface area contributed by atoms with Gasteiger partial charge in [-0.3, -0.25) is 0 Å². The van der Waals surface area contributed by atoms with Crippen LogP contribution in [0.15, 0.2) is 34.8 Å². The van der Waals surface area contributed by atoms with Gasteiger partial charge in [0.05, 0.1) is 4.83 Å². The molecule has 2 rings (SSSR count). The van der Waals surface area contributed by atoms with E-state index < -0.39 is 0 Å². The lowest BCUT2D eigenvalue weighted by Gasteiger charge is -2.18. The molecule has 0 N–H and O–H groups in total. The van der Waals surface area contributed by atoms with Gasteiger partial charge in [0, 0.05) is 10.0 Å². The fraction of sp³-hybridized carbons (Fsp3) is 0.200. The Bertz CT molecular complexity index is 580. The third-order valence-corrected chi connectivity index (χ3v) is 4.67. The first-order chi connectivity index (χ1) is 8.91. The Labute approximate surface area is 128 Å². The van der Waals surface area contributed by atoms with Crippen molar-refractivity contribution in [3.63, 3.8) is 0 Å². The van der Waals surface area contributed by atoms with Crippen molar-refractivity contribution in [1.29, 1.82) is 0 Å². The van der Waals surface area contributed by atoms with Crippen LogP contribution in [0.1, 0.15) is 27.1 Å². The number of hydrogen-bond donors (Lipinski definition) is 0. The van der Waals surface area contributed by atoms with Gasteiger partial charge in [0.15, 0.2) is 0 Å². The van der Waals surface area contributed by atoms with Crippen LogP contribution < -0.4 is 0 Å². The van der Waals surface area contributed by atoms with Crippen molar-refractivity contribution in [2.24, 2.45) is 0 Å². The Morgan fingerprint density at radius 3 is 2.11 bits per heavy atom. The topological polar surface area (TPSA) is 0 Å². The van der Waals surface area contributed by atoms with Crippen LogP contribution in [0.3, 0.4) is 0 Å². The molecule has 0 amide bonds. The fourth-order valence-corrected chi connectivity index (χ4v) is 4.28. The monoisotopic (exact) mass is 388 g/mol. The summed E-state index contributed by atoms with van der Waals surface area (Å²) in [5.41, 5.74) is 3.02. The minimum Gasteiger partial charge on any atom is -0.207 e. The van der Waals surface area contributed by atoms with Gasteiger partial charge in [0.2, 0.25) is 0 Å². The predicted molar refractivity (Wildman–Crippen MR) is 80.7 cm³/mol. The molecule has 0 aromatic heterocycles. The zero-order chi connectivity index (χ0) is 14.2. The first-order valence-corrected chi connectivity index (χ1v) is 7.47. The molecule has 0 saturated heterocycles. The first-order valence-electron chi connectivity index (χ1n) is 5.76. The van der Waals surface area contributed by atoms with Crippen molar-refractivity contribution < 1.29 is 8.78 Å². The Morgan fingerprint density at radius 2 is 1.58 bits per heavy atom. The smallest absolute Gasteiger partial charge is 0.129 e. The van der Waals surface area contributed by atoms with Crippen LogP contribution in [-0.4, -0.2) is 0 Å². The molecule has 0 aliphatic heterocycles. The van der Waals surface area contributed by atoms with Crippen molar-refractivity contribution in [2.45, 2.75) is 18.7 Å². The Balaban J connectivity index is 2.60. The number of halogens is 4. The van der Waals surface area contributed by atoms with Crippen LogP contribution in [0.2, 0.25) is 0 Å². The second kappa shape index (κ2) is 5.71. The predicted octanol–water partition coefficient (Wildman–Crippen LogP) is 5.83. The molecule has 0 spiro atoms. The van der Waals surface area contributed by atoms with E-state index in [2.05, 4.69) is 31.9 Å². The summed E-state index contributed by atoms with van der Waals surface area (Å²) in [6.45, 7) is 3.66. The summed E-state index contributed by atoms with van der Waals surface area (Å²) in [7, 11) is 0. The number of alkyl halides is 1. The molecule has 0 aliphatic rings. The number of hydrogen-bond acceptors (Lipinski definition) is 0. The molecular weight excluding hydrogens is 378 g/mol. The van der Waals surface area contributed by atoms with Gasteiger partial charge >= 0.3 is 0 Å². The maximum Gasteiger partial charge on any atom is 0.129 e. The average Bonchev–Trinajstić information content (AvgIpc) is 2.26. The van der Waals surface area contributed by atoms with E-state index in [1.54, 1.807) is 12.1 Å². The van der Waals surface area contributed by atoms with Crippen molar-refractivity contribution in [2.75, 3.05) is 0 Å². The number of aryl methyl sites for hydroxylation is 2. The van der Waals surface area contributed by atoms with Gasteiger partial charge in [-0.2, -0.15) is 0 Å². The summed E-state index contributed by atoms with van der Waals surface area (Å²) < 4.78 is 28.0. The molecule has 1 unspecified atom stereocenters. The highest BCUT2D eigenvalue weighted by molar-refractivity contribution is 9.11. The van der Waals surface area contributed by atoms with Crippen LogP contribution in [0.25, 0.3) is 0 Å². The lowest BCUT2D eigenvalue weighted by Crippen LogP contribution is -2.03. The number of rotatable bonds is 2. The van der Waals surface area contributed by atoms with Gasteiger partial charge < -0.3 is 0 Å². The quantitative estimate of drug-likeness (QED) is 0.567. The summed E-state index contributed by atoms with van der Waals surface area (Å²) in [4.78, 5) is -0.316. The van der Waals surface area contributed by atoms with E-state index in [0.717, 1.165) is 16.7 Å². The van der Waals surface area contributed by atoms with Crippen LogP contribution >= 0.6 is 31.9 Å². The molecule has 1 atom stereocenters. The third kappa shape index (κ3) is 2.90. The summed E-state index contributed by atoms with van der Waals surface area (Å²) >= 11 is 6.89. The summed E-state index contributed by atoms with van der Waals surface area (Å²) in [6.07, 6.45) is 0. The van der Waals surface area contributed by atoms with E-state index in [9.17, 15) is 8.78 Å². The van der Waals surface area contributed by atoms with Crippen molar-refractivity contribution in [3.8, 4) is 0 Å². The number of benzene rings is 2. The van der Waals surface area contributed by atoms with E-state index in [4.69, 9.17) is 0 Å². The molecule has 2 aromatic rings. The Kier molecular flexibility index (Phi) is 4.41. The zero-order valence-electron chi connectivity index (χ0n) is 10.5. The SMILES string of the molecule is Cc1cc(F)cc(C)c1C(Br)c1c(F)cccc1Br. The molecule has 19 heavy (non-hydrogen) atoms. The second-order valence-electron chi connectivity index (χ2n) is 4.45. The van der Waals surface area contributed by atoms with E-state index in [-0.39, 0.29) is 16.5 Å². The molecule has 0 bridgehead atoms. The van der Waals surface area contributed by atoms with Crippen molar-refractivity contribution in [1.82, 2.24) is 0 Å². The molecule has 0 nitrogen and oxygen atoms in total. The van der Waals surface area contributed by atoms with Crippen molar-refractivity contribution in [3.05, 3.63) is 68.7 Å². The molecule has 0 radical (unpaired) electrons. The highest BCUT2D eigenvalue weighted by atomic mass is 79.9. The third-order valence-electron chi connectivity index (χ3n) is 3.07. The van der Waals surface area contributed by atoms with Gasteiger partial charge in [-0.05, 0) is 54.8 Å². The summed E-state index contributed by atoms with van der Waals surface area (Å²) in [5.74, 6) is -0.564. The van der Waals surface area contributed by atoms with Gasteiger partial charge in [-0.15, -0.1) is 0 Å². The summed E-state index contributed by atoms with van der Waals surface area (Å²) in [5, 5.41) is 0. The Hall–Kier alpha value is -0.740. The van der Waals surface area contributed by atoms with E-state index >= 15 is 0 Å². The molecule has 0 fully saturated rings. The minimum atomic E-state index is -0.316. The first kappa shape index (κ1) is 14.7. The molecule has 2 aromatic carbocycles. The Morgan fingerprint density at radius 1 is 1.00 bits per heavy atom. The minimum absolute atomic E-state index is 0.272. The zero-order valence-corrected chi connectivity index (χ0v) is 13.6. The molecule has 4 heteroatoms. The van der Waals surface area contributed by atoms with Gasteiger partial charge in [0.1, 0.15) is 11.6 Å². The van der Waals surface area contributed by atoms with Gasteiger partial charge in [0.25, 0.3) is 0 Å². The molecular formula is C15H12Br2F2.